The molecule has 0 N–H and O–H groups in total. The minimum absolute atomic E-state index is 0. The molecule has 0 aliphatic rings. The first-order valence-corrected chi connectivity index (χ1v) is 1.97. The molecular weight excluding hydrogens is 80.1 g/mol. The molecule has 0 rings (SSSR count). The predicted octanol–water partition coefficient (Wildman–Crippen LogP) is 2.03. The fourth-order valence-electron chi connectivity index (χ4n) is 0. The van der Waals surface area contributed by atoms with Gasteiger partial charge in [0.05, 0.1) is 0 Å². The lowest BCUT2D eigenvalue weighted by atomic mass is 10.4. The summed E-state index contributed by atoms with van der Waals surface area (Å²) in [4.78, 5) is 0.935. The van der Waals surface area contributed by atoms with Crippen LogP contribution in [-0.4, -0.2) is 4.86 Å². The topological polar surface area (TPSA) is 0 Å². The Bertz CT molecular complexity index is 53.7. The van der Waals surface area contributed by atoms with Crippen molar-refractivity contribution in [2.45, 2.75) is 20.2 Å². The van der Waals surface area contributed by atoms with Crippen molar-refractivity contribution >= 4 is 17.1 Å². The Morgan fingerprint density at radius 3 is 3.00 bits per heavy atom. The first-order chi connectivity index (χ1) is 2.77. The average molecular weight is 92.2 g/mol. The van der Waals surface area contributed by atoms with Crippen LogP contribution in [0, 0.1) is 0 Å². The minimum Gasteiger partial charge on any atom is -0.0900 e. The van der Waals surface area contributed by atoms with Gasteiger partial charge >= 0.3 is 0 Å². The molecule has 0 amide bonds. The fraction of sp³-hybridized carbons (Fsp3) is 0.750. The first-order valence-electron chi connectivity index (χ1n) is 2.26. The maximum atomic E-state index is 6.65. The smallest absolute Gasteiger partial charge is 0.0234 e. The normalized spacial score (nSPS) is 10.2. The van der Waals surface area contributed by atoms with Gasteiger partial charge in [0.25, 0.3) is 0 Å². The highest BCUT2D eigenvalue weighted by Gasteiger charge is 1.71. The zero-order valence-corrected chi connectivity index (χ0v) is 4.14. The lowest BCUT2D eigenvalue weighted by molar-refractivity contribution is 1.31. The molecular formula is C4H10S. The van der Waals surface area contributed by atoms with Crippen LogP contribution in [0.1, 0.15) is 23.0 Å². The van der Waals surface area contributed by atoms with E-state index in [-0.39, 0.29) is 1.43 Å². The Kier molecular flexibility index (Phi) is 1.53. The van der Waals surface area contributed by atoms with Gasteiger partial charge in [0, 0.05) is 2.80 Å². The highest BCUT2D eigenvalue weighted by Crippen LogP contribution is 1.77. The van der Waals surface area contributed by atoms with Crippen molar-refractivity contribution in [2.75, 3.05) is 0 Å². The standard InChI is InChI=1S/C4H8S.H2/c1-3-4(2)5;/h3H2,1-2H3;1H/i1D;1+1. The van der Waals surface area contributed by atoms with Crippen molar-refractivity contribution in [2.24, 2.45) is 0 Å². The van der Waals surface area contributed by atoms with Crippen LogP contribution in [0.5, 0.6) is 0 Å². The highest BCUT2D eigenvalue weighted by molar-refractivity contribution is 7.80. The quantitative estimate of drug-likeness (QED) is 0.446. The summed E-state index contributed by atoms with van der Waals surface area (Å²) in [6.07, 6.45) is 0.773. The first kappa shape index (κ1) is 3.29. The van der Waals surface area contributed by atoms with E-state index in [2.05, 4.69) is 12.2 Å². The second-order valence-electron chi connectivity index (χ2n) is 0.952. The molecule has 32 valence electrons. The molecule has 1 heteroatoms. The Hall–Kier alpha value is 0.0900. The van der Waals surface area contributed by atoms with Crippen molar-refractivity contribution in [3.05, 3.63) is 0 Å². The molecule has 0 unspecified atom stereocenters. The Balaban J connectivity index is 0. The minimum atomic E-state index is 0. The van der Waals surface area contributed by atoms with Crippen LogP contribution in [0.25, 0.3) is 0 Å². The van der Waals surface area contributed by atoms with Gasteiger partial charge in [-0.3, -0.25) is 0 Å². The fourth-order valence-corrected chi connectivity index (χ4v) is 0. The Labute approximate surface area is 41.1 Å². The molecule has 0 atom stereocenters. The molecule has 0 fully saturated rings. The summed E-state index contributed by atoms with van der Waals surface area (Å²) in [6.45, 7) is 2.30. The number of thiocarbonyl (C=S) groups is 1. The molecule has 5 heavy (non-hydrogen) atoms. The third-order valence-electron chi connectivity index (χ3n) is 0.352. The van der Waals surface area contributed by atoms with Gasteiger partial charge in [-0.15, -0.1) is 0 Å². The van der Waals surface area contributed by atoms with E-state index in [9.17, 15) is 0 Å². The van der Waals surface area contributed by atoms with E-state index < -0.39 is 0 Å². The van der Waals surface area contributed by atoms with Gasteiger partial charge in [0.1, 0.15) is 0 Å². The third-order valence-corrected chi connectivity index (χ3v) is 0.556. The van der Waals surface area contributed by atoms with Gasteiger partial charge in [-0.2, -0.15) is 0 Å². The second kappa shape index (κ2) is 2.33. The molecule has 0 aromatic rings. The van der Waals surface area contributed by atoms with Crippen LogP contribution in [0.15, 0.2) is 0 Å². The van der Waals surface area contributed by atoms with E-state index in [1.54, 1.807) is 0 Å². The lowest BCUT2D eigenvalue weighted by Gasteiger charge is -1.76. The average Bonchev–Trinajstić information content (AvgIpc) is 1.35. The Morgan fingerprint density at radius 2 is 3.00 bits per heavy atom. The number of rotatable bonds is 1. The van der Waals surface area contributed by atoms with E-state index >= 15 is 0 Å². The molecule has 0 aromatic heterocycles. The zero-order valence-electron chi connectivity index (χ0n) is 4.32. The van der Waals surface area contributed by atoms with Crippen molar-refractivity contribution < 1.29 is 2.80 Å². The van der Waals surface area contributed by atoms with Crippen LogP contribution in [0.4, 0.5) is 0 Å². The highest BCUT2D eigenvalue weighted by atomic mass is 32.1. The van der Waals surface area contributed by atoms with E-state index in [0.29, 0.717) is 6.90 Å². The van der Waals surface area contributed by atoms with E-state index in [0.717, 1.165) is 11.3 Å². The lowest BCUT2D eigenvalue weighted by Crippen LogP contribution is -1.75. The SMILES string of the molecule is [2HH].[2H]CCC(C)=S. The summed E-state index contributed by atoms with van der Waals surface area (Å²) in [5.41, 5.74) is 0. The van der Waals surface area contributed by atoms with Gasteiger partial charge < -0.3 is 0 Å². The molecule has 0 heterocycles. The van der Waals surface area contributed by atoms with Gasteiger partial charge in [0.2, 0.25) is 0 Å². The van der Waals surface area contributed by atoms with Crippen molar-refractivity contribution in [1.82, 2.24) is 0 Å². The maximum absolute atomic E-state index is 6.65. The van der Waals surface area contributed by atoms with E-state index in [1.807, 2.05) is 6.92 Å². The van der Waals surface area contributed by atoms with Crippen molar-refractivity contribution in [3.63, 3.8) is 0 Å². The summed E-state index contributed by atoms with van der Waals surface area (Å²) in [5, 5.41) is 0. The Morgan fingerprint density at radius 1 is 2.40 bits per heavy atom. The van der Waals surface area contributed by atoms with E-state index in [1.165, 1.54) is 0 Å². The summed E-state index contributed by atoms with van der Waals surface area (Å²) in [5.74, 6) is 0. The van der Waals surface area contributed by atoms with Gasteiger partial charge in [-0.1, -0.05) is 19.1 Å². The maximum Gasteiger partial charge on any atom is 0.0234 e. The molecule has 0 saturated carbocycles. The van der Waals surface area contributed by atoms with Crippen molar-refractivity contribution in [3.8, 4) is 0 Å². The van der Waals surface area contributed by atoms with E-state index in [4.69, 9.17) is 1.37 Å². The molecule has 0 spiro atoms. The summed E-state index contributed by atoms with van der Waals surface area (Å²) >= 11 is 4.67. The van der Waals surface area contributed by atoms with Crippen LogP contribution >= 0.6 is 12.2 Å². The van der Waals surface area contributed by atoms with Crippen LogP contribution in [0.3, 0.4) is 0 Å². The number of hydrogen-bond donors (Lipinski definition) is 0. The molecule has 0 radical (unpaired) electrons. The predicted molar refractivity (Wildman–Crippen MR) is 30.7 cm³/mol. The molecule has 0 nitrogen and oxygen atoms in total. The van der Waals surface area contributed by atoms with Gasteiger partial charge in [0.15, 0.2) is 0 Å². The molecule has 0 aliphatic carbocycles. The number of hydrogen-bond acceptors (Lipinski definition) is 1. The van der Waals surface area contributed by atoms with Crippen LogP contribution in [0.2, 0.25) is 0 Å². The monoisotopic (exact) mass is 92.1 g/mol. The van der Waals surface area contributed by atoms with Gasteiger partial charge in [-0.05, 0) is 18.2 Å². The largest absolute Gasteiger partial charge is 0.0900 e. The molecule has 0 aromatic carbocycles. The zero-order chi connectivity index (χ0) is 4.99. The summed E-state index contributed by atoms with van der Waals surface area (Å²) in [7, 11) is 0. The molecule has 0 saturated heterocycles. The van der Waals surface area contributed by atoms with Gasteiger partial charge in [-0.25, -0.2) is 0 Å². The third kappa shape index (κ3) is 4.09. The van der Waals surface area contributed by atoms with Crippen molar-refractivity contribution in [1.29, 1.82) is 0 Å². The molecule has 0 bridgehead atoms. The van der Waals surface area contributed by atoms with Crippen LogP contribution in [-0.2, 0) is 0 Å². The summed E-state index contributed by atoms with van der Waals surface area (Å²) < 4.78 is 6.65. The second-order valence-corrected chi connectivity index (χ2v) is 1.65. The summed E-state index contributed by atoms with van der Waals surface area (Å²) in [6, 6.07) is 0. The van der Waals surface area contributed by atoms with Crippen LogP contribution < -0.4 is 0 Å². The molecule has 0 aliphatic heterocycles.